The number of hydrogen-bond donors (Lipinski definition) is 2. The molecule has 2 N–H and O–H groups in total. The second kappa shape index (κ2) is 6.25. The van der Waals surface area contributed by atoms with E-state index in [0.29, 0.717) is 22.9 Å². The molecular formula is C13H15NO4S2. The Bertz CT molecular complexity index is 679. The summed E-state index contributed by atoms with van der Waals surface area (Å²) in [7, 11) is -3.64. The lowest BCUT2D eigenvalue weighted by molar-refractivity contribution is 0.285. The van der Waals surface area contributed by atoms with Gasteiger partial charge in [0.25, 0.3) is 10.0 Å². The van der Waals surface area contributed by atoms with Crippen molar-refractivity contribution in [1.29, 1.82) is 0 Å². The highest BCUT2D eigenvalue weighted by Gasteiger charge is 2.16. The Morgan fingerprint density at radius 1 is 1.35 bits per heavy atom. The number of aliphatic hydroxyl groups excluding tert-OH is 1. The summed E-state index contributed by atoms with van der Waals surface area (Å²) in [6.45, 7) is 2.21. The van der Waals surface area contributed by atoms with Gasteiger partial charge < -0.3 is 9.84 Å². The van der Waals surface area contributed by atoms with Crippen molar-refractivity contribution in [3.63, 3.8) is 0 Å². The maximum Gasteiger partial charge on any atom is 0.262 e. The van der Waals surface area contributed by atoms with Gasteiger partial charge in [0.2, 0.25) is 0 Å². The molecule has 5 nitrogen and oxygen atoms in total. The predicted molar refractivity (Wildman–Crippen MR) is 78.7 cm³/mol. The number of benzene rings is 1. The molecule has 2 rings (SSSR count). The van der Waals surface area contributed by atoms with Crippen molar-refractivity contribution >= 4 is 27.0 Å². The lowest BCUT2D eigenvalue weighted by Crippen LogP contribution is -2.12. The van der Waals surface area contributed by atoms with Crippen molar-refractivity contribution in [2.24, 2.45) is 0 Å². The monoisotopic (exact) mass is 313 g/mol. The average molecular weight is 313 g/mol. The average Bonchev–Trinajstić information content (AvgIpc) is 2.88. The third-order valence-corrected chi connectivity index (χ3v) is 4.92. The SMILES string of the molecule is CCOc1cccc(NS(=O)(=O)c2csc(CO)c2)c1. The summed E-state index contributed by atoms with van der Waals surface area (Å²) in [6, 6.07) is 8.21. The highest BCUT2D eigenvalue weighted by molar-refractivity contribution is 7.92. The standard InChI is InChI=1S/C13H15NO4S2/c1-2-18-11-5-3-4-10(6-11)14-20(16,17)13-7-12(8-15)19-9-13/h3-7,9,14-15H,2,8H2,1H3. The predicted octanol–water partition coefficient (Wildman–Crippen LogP) is 2.44. The molecule has 0 atom stereocenters. The summed E-state index contributed by atoms with van der Waals surface area (Å²) in [4.78, 5) is 0.752. The largest absolute Gasteiger partial charge is 0.494 e. The van der Waals surface area contributed by atoms with Crippen LogP contribution in [0.4, 0.5) is 5.69 Å². The molecule has 20 heavy (non-hydrogen) atoms. The molecule has 0 radical (unpaired) electrons. The minimum absolute atomic E-state index is 0.147. The zero-order valence-electron chi connectivity index (χ0n) is 10.9. The van der Waals surface area contributed by atoms with Crippen molar-refractivity contribution in [3.05, 3.63) is 40.6 Å². The molecule has 0 fully saturated rings. The lowest BCUT2D eigenvalue weighted by Gasteiger charge is -2.08. The van der Waals surface area contributed by atoms with E-state index >= 15 is 0 Å². The van der Waals surface area contributed by atoms with E-state index < -0.39 is 10.0 Å². The minimum Gasteiger partial charge on any atom is -0.494 e. The minimum atomic E-state index is -3.64. The first-order valence-electron chi connectivity index (χ1n) is 5.99. The van der Waals surface area contributed by atoms with Gasteiger partial charge in [0.15, 0.2) is 0 Å². The van der Waals surface area contributed by atoms with Crippen LogP contribution in [-0.4, -0.2) is 20.1 Å². The normalized spacial score (nSPS) is 11.3. The zero-order chi connectivity index (χ0) is 14.6. The molecule has 0 unspecified atom stereocenters. The van der Waals surface area contributed by atoms with E-state index in [9.17, 15) is 8.42 Å². The van der Waals surface area contributed by atoms with Gasteiger partial charge in [-0.1, -0.05) is 6.07 Å². The molecule has 108 valence electrons. The maximum atomic E-state index is 12.2. The number of hydrogen-bond acceptors (Lipinski definition) is 5. The van der Waals surface area contributed by atoms with Crippen molar-refractivity contribution < 1.29 is 18.3 Å². The quantitative estimate of drug-likeness (QED) is 0.859. The Morgan fingerprint density at radius 3 is 2.80 bits per heavy atom. The van der Waals surface area contributed by atoms with Gasteiger partial charge in [0.1, 0.15) is 5.75 Å². The first kappa shape index (κ1) is 14.8. The van der Waals surface area contributed by atoms with E-state index in [4.69, 9.17) is 9.84 Å². The fraction of sp³-hybridized carbons (Fsp3) is 0.231. The summed E-state index contributed by atoms with van der Waals surface area (Å²) in [5.74, 6) is 0.606. The molecule has 0 spiro atoms. The molecule has 1 heterocycles. The van der Waals surface area contributed by atoms with Gasteiger partial charge in [-0.2, -0.15) is 0 Å². The van der Waals surface area contributed by atoms with Crippen LogP contribution in [0, 0.1) is 0 Å². The molecule has 2 aromatic rings. The second-order valence-electron chi connectivity index (χ2n) is 3.97. The highest BCUT2D eigenvalue weighted by Crippen LogP contribution is 2.24. The van der Waals surface area contributed by atoms with Crippen molar-refractivity contribution in [2.75, 3.05) is 11.3 Å². The van der Waals surface area contributed by atoms with Gasteiger partial charge in [-0.25, -0.2) is 8.42 Å². The number of thiophene rings is 1. The van der Waals surface area contributed by atoms with Gasteiger partial charge >= 0.3 is 0 Å². The van der Waals surface area contributed by atoms with Crippen LogP contribution in [0.5, 0.6) is 5.75 Å². The van der Waals surface area contributed by atoms with Gasteiger partial charge in [-0.05, 0) is 25.1 Å². The molecule has 0 aliphatic rings. The van der Waals surface area contributed by atoms with Gasteiger partial charge in [0.05, 0.1) is 23.8 Å². The van der Waals surface area contributed by atoms with Crippen molar-refractivity contribution in [1.82, 2.24) is 0 Å². The molecule has 0 saturated heterocycles. The number of sulfonamides is 1. The van der Waals surface area contributed by atoms with E-state index in [-0.39, 0.29) is 11.5 Å². The summed E-state index contributed by atoms with van der Waals surface area (Å²) in [5, 5.41) is 10.5. The topological polar surface area (TPSA) is 75.6 Å². The van der Waals surface area contributed by atoms with Crippen LogP contribution < -0.4 is 9.46 Å². The van der Waals surface area contributed by atoms with Gasteiger partial charge in [-0.15, -0.1) is 11.3 Å². The smallest absolute Gasteiger partial charge is 0.262 e. The Balaban J connectivity index is 2.21. The van der Waals surface area contributed by atoms with E-state index in [1.54, 1.807) is 24.3 Å². The van der Waals surface area contributed by atoms with Crippen LogP contribution in [0.15, 0.2) is 40.6 Å². The third kappa shape index (κ3) is 3.50. The first-order chi connectivity index (χ1) is 9.55. The number of aliphatic hydroxyl groups is 1. The van der Waals surface area contributed by atoms with E-state index in [0.717, 1.165) is 0 Å². The van der Waals surface area contributed by atoms with Crippen LogP contribution in [-0.2, 0) is 16.6 Å². The zero-order valence-corrected chi connectivity index (χ0v) is 12.5. The first-order valence-corrected chi connectivity index (χ1v) is 8.35. The molecule has 7 heteroatoms. The molecule has 1 aromatic heterocycles. The Kier molecular flexibility index (Phi) is 4.64. The number of rotatable bonds is 6. The number of ether oxygens (including phenoxy) is 1. The van der Waals surface area contributed by atoms with E-state index in [2.05, 4.69) is 4.72 Å². The molecule has 0 bridgehead atoms. The van der Waals surface area contributed by atoms with Crippen molar-refractivity contribution in [3.8, 4) is 5.75 Å². The van der Waals surface area contributed by atoms with E-state index in [1.807, 2.05) is 6.92 Å². The summed E-state index contributed by atoms with van der Waals surface area (Å²) in [5.41, 5.74) is 0.438. The maximum absolute atomic E-state index is 12.2. The fourth-order valence-electron chi connectivity index (χ4n) is 1.61. The Morgan fingerprint density at radius 2 is 2.15 bits per heavy atom. The third-order valence-electron chi connectivity index (χ3n) is 2.49. The molecule has 0 aliphatic carbocycles. The Labute approximate surface area is 121 Å². The van der Waals surface area contributed by atoms with Gasteiger partial charge in [-0.3, -0.25) is 4.72 Å². The number of nitrogens with one attached hydrogen (secondary N) is 1. The summed E-state index contributed by atoms with van der Waals surface area (Å²) < 4.78 is 32.2. The van der Waals surface area contributed by atoms with E-state index in [1.165, 1.54) is 22.8 Å². The molecular weight excluding hydrogens is 298 g/mol. The molecule has 0 saturated carbocycles. The molecule has 0 aliphatic heterocycles. The lowest BCUT2D eigenvalue weighted by atomic mass is 10.3. The molecule has 0 amide bonds. The second-order valence-corrected chi connectivity index (χ2v) is 6.65. The highest BCUT2D eigenvalue weighted by atomic mass is 32.2. The van der Waals surface area contributed by atoms with Crippen LogP contribution in [0.25, 0.3) is 0 Å². The number of anilines is 1. The van der Waals surface area contributed by atoms with Crippen LogP contribution in [0.1, 0.15) is 11.8 Å². The van der Waals surface area contributed by atoms with Crippen LogP contribution >= 0.6 is 11.3 Å². The fourth-order valence-corrected chi connectivity index (χ4v) is 3.80. The Hall–Kier alpha value is -1.57. The van der Waals surface area contributed by atoms with Gasteiger partial charge in [0, 0.05) is 16.3 Å². The van der Waals surface area contributed by atoms with Crippen molar-refractivity contribution in [2.45, 2.75) is 18.4 Å². The summed E-state index contributed by atoms with van der Waals surface area (Å²) in [6.07, 6.45) is 0. The van der Waals surface area contributed by atoms with Crippen LogP contribution in [0.3, 0.4) is 0 Å². The summed E-state index contributed by atoms with van der Waals surface area (Å²) >= 11 is 1.20. The van der Waals surface area contributed by atoms with Crippen LogP contribution in [0.2, 0.25) is 0 Å². The molecule has 1 aromatic carbocycles.